The third-order valence-electron chi connectivity index (χ3n) is 2.39. The largest absolute Gasteiger partial charge is 0.496 e. The van der Waals surface area contributed by atoms with Crippen molar-refractivity contribution in [2.45, 2.75) is 19.9 Å². The Morgan fingerprint density at radius 2 is 2.25 bits per heavy atom. The summed E-state index contributed by atoms with van der Waals surface area (Å²) in [4.78, 5) is 11.8. The summed E-state index contributed by atoms with van der Waals surface area (Å²) in [6.45, 7) is 4.21. The minimum absolute atomic E-state index is 0.0186. The number of methoxy groups -OCH3 is 1. The molecule has 0 aliphatic heterocycles. The Balaban J connectivity index is 2.81. The molecular formula is C12H18N2O2. The highest BCUT2D eigenvalue weighted by atomic mass is 16.5. The van der Waals surface area contributed by atoms with Crippen LogP contribution in [0.25, 0.3) is 0 Å². The smallest absolute Gasteiger partial charge is 0.251 e. The molecular weight excluding hydrogens is 204 g/mol. The second-order valence-electron chi connectivity index (χ2n) is 3.79. The number of carbonyl (C=O) groups excluding carboxylic acids is 1. The number of hydrogen-bond donors (Lipinski definition) is 2. The van der Waals surface area contributed by atoms with Crippen LogP contribution in [0, 0.1) is 6.92 Å². The molecule has 4 heteroatoms. The molecule has 0 saturated carbocycles. The Morgan fingerprint density at radius 3 is 2.75 bits per heavy atom. The molecule has 0 bridgehead atoms. The summed E-state index contributed by atoms with van der Waals surface area (Å²) in [5.41, 5.74) is 7.00. The fourth-order valence-corrected chi connectivity index (χ4v) is 1.39. The van der Waals surface area contributed by atoms with Crippen LogP contribution in [0.1, 0.15) is 22.8 Å². The average molecular weight is 222 g/mol. The van der Waals surface area contributed by atoms with E-state index >= 15 is 0 Å². The number of carbonyl (C=O) groups is 1. The van der Waals surface area contributed by atoms with Gasteiger partial charge in [-0.2, -0.15) is 0 Å². The Hall–Kier alpha value is -1.55. The van der Waals surface area contributed by atoms with E-state index in [0.717, 1.165) is 11.3 Å². The summed E-state index contributed by atoms with van der Waals surface area (Å²) < 4.78 is 5.13. The van der Waals surface area contributed by atoms with Crippen LogP contribution < -0.4 is 15.8 Å². The molecule has 88 valence electrons. The van der Waals surface area contributed by atoms with Crippen LogP contribution in [0.5, 0.6) is 5.75 Å². The van der Waals surface area contributed by atoms with Crippen molar-refractivity contribution >= 4 is 5.91 Å². The van der Waals surface area contributed by atoms with Gasteiger partial charge in [0.15, 0.2) is 0 Å². The zero-order chi connectivity index (χ0) is 12.1. The maximum Gasteiger partial charge on any atom is 0.251 e. The standard InChI is InChI=1S/C12H18N2O2/c1-8-6-10(4-5-11(8)16-3)12(15)14-9(2)7-13/h4-6,9H,7,13H2,1-3H3,(H,14,15). The molecule has 1 atom stereocenters. The van der Waals surface area contributed by atoms with Crippen molar-refractivity contribution in [2.24, 2.45) is 5.73 Å². The predicted octanol–water partition coefficient (Wildman–Crippen LogP) is 1.08. The van der Waals surface area contributed by atoms with Gasteiger partial charge < -0.3 is 15.8 Å². The Morgan fingerprint density at radius 1 is 1.56 bits per heavy atom. The van der Waals surface area contributed by atoms with Gasteiger partial charge in [0, 0.05) is 18.2 Å². The van der Waals surface area contributed by atoms with E-state index in [-0.39, 0.29) is 11.9 Å². The Bertz CT molecular complexity index is 377. The highest BCUT2D eigenvalue weighted by Gasteiger charge is 2.09. The third kappa shape index (κ3) is 2.97. The number of aryl methyl sites for hydroxylation is 1. The maximum absolute atomic E-state index is 11.8. The van der Waals surface area contributed by atoms with Crippen molar-refractivity contribution < 1.29 is 9.53 Å². The minimum atomic E-state index is -0.108. The van der Waals surface area contributed by atoms with Crippen LogP contribution in [0.3, 0.4) is 0 Å². The summed E-state index contributed by atoms with van der Waals surface area (Å²) in [7, 11) is 1.61. The summed E-state index contributed by atoms with van der Waals surface area (Å²) in [5.74, 6) is 0.673. The van der Waals surface area contributed by atoms with Crippen LogP contribution in [0.2, 0.25) is 0 Å². The lowest BCUT2D eigenvalue weighted by Gasteiger charge is -2.12. The molecule has 1 rings (SSSR count). The third-order valence-corrected chi connectivity index (χ3v) is 2.39. The summed E-state index contributed by atoms with van der Waals surface area (Å²) in [6.07, 6.45) is 0. The number of amides is 1. The van der Waals surface area contributed by atoms with Crippen LogP contribution in [0.4, 0.5) is 0 Å². The molecule has 3 N–H and O–H groups in total. The van der Waals surface area contributed by atoms with Gasteiger partial charge in [0.05, 0.1) is 7.11 Å². The van der Waals surface area contributed by atoms with Gasteiger partial charge in [0.2, 0.25) is 0 Å². The lowest BCUT2D eigenvalue weighted by Crippen LogP contribution is -2.37. The van der Waals surface area contributed by atoms with E-state index < -0.39 is 0 Å². The molecule has 4 nitrogen and oxygen atoms in total. The molecule has 0 aliphatic rings. The maximum atomic E-state index is 11.8. The van der Waals surface area contributed by atoms with E-state index in [1.54, 1.807) is 25.3 Å². The molecule has 0 spiro atoms. The van der Waals surface area contributed by atoms with Crippen molar-refractivity contribution in [2.75, 3.05) is 13.7 Å². The second kappa shape index (κ2) is 5.51. The normalized spacial score (nSPS) is 12.0. The van der Waals surface area contributed by atoms with E-state index in [4.69, 9.17) is 10.5 Å². The van der Waals surface area contributed by atoms with Gasteiger partial charge in [-0.3, -0.25) is 4.79 Å². The number of hydrogen-bond acceptors (Lipinski definition) is 3. The fourth-order valence-electron chi connectivity index (χ4n) is 1.39. The molecule has 1 aromatic carbocycles. The number of rotatable bonds is 4. The van der Waals surface area contributed by atoms with E-state index in [1.165, 1.54) is 0 Å². The highest BCUT2D eigenvalue weighted by molar-refractivity contribution is 5.94. The SMILES string of the molecule is COc1ccc(C(=O)NC(C)CN)cc1C. The van der Waals surface area contributed by atoms with Crippen molar-refractivity contribution in [1.82, 2.24) is 5.32 Å². The molecule has 0 fully saturated rings. The zero-order valence-electron chi connectivity index (χ0n) is 9.91. The first-order valence-electron chi connectivity index (χ1n) is 5.24. The van der Waals surface area contributed by atoms with Gasteiger partial charge >= 0.3 is 0 Å². The lowest BCUT2D eigenvalue weighted by atomic mass is 10.1. The van der Waals surface area contributed by atoms with Crippen LogP contribution in [-0.2, 0) is 0 Å². The first-order chi connectivity index (χ1) is 7.58. The zero-order valence-corrected chi connectivity index (χ0v) is 9.91. The van der Waals surface area contributed by atoms with E-state index in [0.29, 0.717) is 12.1 Å². The first-order valence-corrected chi connectivity index (χ1v) is 5.24. The number of benzene rings is 1. The van der Waals surface area contributed by atoms with Crippen LogP contribution in [-0.4, -0.2) is 25.6 Å². The molecule has 1 unspecified atom stereocenters. The topological polar surface area (TPSA) is 64.3 Å². The first kappa shape index (κ1) is 12.5. The summed E-state index contributed by atoms with van der Waals surface area (Å²) >= 11 is 0. The van der Waals surface area contributed by atoms with Crippen molar-refractivity contribution in [1.29, 1.82) is 0 Å². The van der Waals surface area contributed by atoms with Gasteiger partial charge in [-0.25, -0.2) is 0 Å². The highest BCUT2D eigenvalue weighted by Crippen LogP contribution is 2.18. The molecule has 1 amide bonds. The number of nitrogens with one attached hydrogen (secondary N) is 1. The van der Waals surface area contributed by atoms with Gasteiger partial charge in [-0.05, 0) is 37.6 Å². The van der Waals surface area contributed by atoms with E-state index in [9.17, 15) is 4.79 Å². The average Bonchev–Trinajstić information content (AvgIpc) is 2.28. The number of nitrogens with two attached hydrogens (primary N) is 1. The Labute approximate surface area is 95.8 Å². The molecule has 0 aliphatic carbocycles. The minimum Gasteiger partial charge on any atom is -0.496 e. The monoisotopic (exact) mass is 222 g/mol. The lowest BCUT2D eigenvalue weighted by molar-refractivity contribution is 0.0941. The van der Waals surface area contributed by atoms with Gasteiger partial charge in [0.1, 0.15) is 5.75 Å². The van der Waals surface area contributed by atoms with Crippen molar-refractivity contribution in [3.8, 4) is 5.75 Å². The van der Waals surface area contributed by atoms with E-state index in [2.05, 4.69) is 5.32 Å². The summed E-state index contributed by atoms with van der Waals surface area (Å²) in [6, 6.07) is 5.31. The fraction of sp³-hybridized carbons (Fsp3) is 0.417. The molecule has 1 aromatic rings. The molecule has 0 radical (unpaired) electrons. The summed E-state index contributed by atoms with van der Waals surface area (Å²) in [5, 5.41) is 2.81. The number of ether oxygens (including phenoxy) is 1. The van der Waals surface area contributed by atoms with Gasteiger partial charge in [-0.1, -0.05) is 0 Å². The predicted molar refractivity (Wildman–Crippen MR) is 63.7 cm³/mol. The van der Waals surface area contributed by atoms with Gasteiger partial charge in [-0.15, -0.1) is 0 Å². The van der Waals surface area contributed by atoms with Crippen molar-refractivity contribution in [3.05, 3.63) is 29.3 Å². The van der Waals surface area contributed by atoms with Crippen molar-refractivity contribution in [3.63, 3.8) is 0 Å². The Kier molecular flexibility index (Phi) is 4.31. The quantitative estimate of drug-likeness (QED) is 0.801. The molecule has 0 heterocycles. The molecule has 16 heavy (non-hydrogen) atoms. The molecule has 0 saturated heterocycles. The van der Waals surface area contributed by atoms with Crippen LogP contribution >= 0.6 is 0 Å². The van der Waals surface area contributed by atoms with E-state index in [1.807, 2.05) is 13.8 Å². The second-order valence-corrected chi connectivity index (χ2v) is 3.79. The van der Waals surface area contributed by atoms with Crippen LogP contribution in [0.15, 0.2) is 18.2 Å². The molecule has 0 aromatic heterocycles. The van der Waals surface area contributed by atoms with Gasteiger partial charge in [0.25, 0.3) is 5.91 Å².